The number of hydrogen-bond donors (Lipinski definition) is 2. The summed E-state index contributed by atoms with van der Waals surface area (Å²) < 4.78 is 9.77. The molecule has 0 aliphatic heterocycles. The number of aromatic nitrogens is 3. The second-order valence-corrected chi connectivity index (χ2v) is 4.57. The van der Waals surface area contributed by atoms with Crippen LogP contribution in [0.3, 0.4) is 0 Å². The molecule has 1 aromatic carbocycles. The number of carbonyl (C=O) groups is 2. The van der Waals surface area contributed by atoms with E-state index in [4.69, 9.17) is 9.26 Å². The molecule has 8 heteroatoms. The number of nitrogens with one attached hydrogen (secondary N) is 2. The summed E-state index contributed by atoms with van der Waals surface area (Å²) in [7, 11) is 0. The Bertz CT molecular complexity index is 836. The molecule has 22 heavy (non-hydrogen) atoms. The Hall–Kier alpha value is -3.16. The Morgan fingerprint density at radius 1 is 1.36 bits per heavy atom. The van der Waals surface area contributed by atoms with E-state index in [-0.39, 0.29) is 11.6 Å². The Morgan fingerprint density at radius 2 is 2.18 bits per heavy atom. The number of anilines is 1. The van der Waals surface area contributed by atoms with Crippen molar-refractivity contribution in [1.82, 2.24) is 15.4 Å². The van der Waals surface area contributed by atoms with Crippen molar-refractivity contribution < 1.29 is 18.8 Å². The van der Waals surface area contributed by atoms with E-state index in [1.165, 1.54) is 0 Å². The van der Waals surface area contributed by atoms with Gasteiger partial charge in [0.1, 0.15) is 0 Å². The van der Waals surface area contributed by atoms with Gasteiger partial charge in [0.05, 0.1) is 11.2 Å². The van der Waals surface area contributed by atoms with Crippen LogP contribution in [0.2, 0.25) is 0 Å². The smallest absolute Gasteiger partial charge is 0.359 e. The average molecular weight is 300 g/mol. The molecular formula is C14H12N4O4. The fourth-order valence-corrected chi connectivity index (χ4v) is 1.91. The number of aryl methyl sites for hydroxylation is 1. The molecule has 0 saturated heterocycles. The normalized spacial score (nSPS) is 10.6. The Labute approximate surface area is 124 Å². The highest BCUT2D eigenvalue weighted by molar-refractivity contribution is 6.02. The third kappa shape index (κ3) is 2.80. The predicted octanol–water partition coefficient (Wildman–Crippen LogP) is 1.65. The van der Waals surface area contributed by atoms with Gasteiger partial charge in [-0.05, 0) is 13.0 Å². The van der Waals surface area contributed by atoms with Crippen LogP contribution in [-0.2, 0) is 9.53 Å². The summed E-state index contributed by atoms with van der Waals surface area (Å²) in [5.41, 5.74) is 1.49. The van der Waals surface area contributed by atoms with Gasteiger partial charge in [0.15, 0.2) is 12.3 Å². The third-order valence-electron chi connectivity index (χ3n) is 2.89. The lowest BCUT2D eigenvalue weighted by Crippen LogP contribution is -2.20. The molecule has 0 atom stereocenters. The van der Waals surface area contributed by atoms with Gasteiger partial charge in [-0.25, -0.2) is 4.79 Å². The highest BCUT2D eigenvalue weighted by Gasteiger charge is 2.17. The van der Waals surface area contributed by atoms with Gasteiger partial charge in [0, 0.05) is 11.5 Å². The number of H-pyrrole nitrogens is 1. The first-order chi connectivity index (χ1) is 10.6. The fraction of sp³-hybridized carbons (Fsp3) is 0.143. The van der Waals surface area contributed by atoms with Gasteiger partial charge in [0.25, 0.3) is 5.91 Å². The van der Waals surface area contributed by atoms with Gasteiger partial charge in [-0.2, -0.15) is 5.10 Å². The first-order valence-corrected chi connectivity index (χ1v) is 6.47. The maximum atomic E-state index is 12.0. The van der Waals surface area contributed by atoms with E-state index >= 15 is 0 Å². The molecule has 0 spiro atoms. The maximum absolute atomic E-state index is 12.0. The van der Waals surface area contributed by atoms with Crippen LogP contribution in [-0.4, -0.2) is 33.8 Å². The zero-order valence-electron chi connectivity index (χ0n) is 11.6. The van der Waals surface area contributed by atoms with E-state index in [1.807, 2.05) is 6.07 Å². The van der Waals surface area contributed by atoms with Crippen molar-refractivity contribution in [3.05, 3.63) is 41.7 Å². The number of amides is 1. The lowest BCUT2D eigenvalue weighted by Gasteiger charge is -2.02. The molecule has 0 saturated carbocycles. The fourth-order valence-electron chi connectivity index (χ4n) is 1.91. The molecule has 3 aromatic rings. The number of hydrogen-bond acceptors (Lipinski definition) is 6. The first-order valence-electron chi connectivity index (χ1n) is 6.47. The van der Waals surface area contributed by atoms with Gasteiger partial charge in [0.2, 0.25) is 5.88 Å². The minimum atomic E-state index is -0.679. The summed E-state index contributed by atoms with van der Waals surface area (Å²) in [6, 6.07) is 8.70. The van der Waals surface area contributed by atoms with Crippen molar-refractivity contribution in [2.45, 2.75) is 6.92 Å². The molecule has 0 radical (unpaired) electrons. The monoisotopic (exact) mass is 300 g/mol. The molecule has 2 N–H and O–H groups in total. The number of benzene rings is 1. The highest BCUT2D eigenvalue weighted by Crippen LogP contribution is 2.15. The zero-order valence-corrected chi connectivity index (χ0v) is 11.6. The van der Waals surface area contributed by atoms with Gasteiger partial charge in [-0.3, -0.25) is 15.2 Å². The lowest BCUT2D eigenvalue weighted by atomic mass is 10.2. The van der Waals surface area contributed by atoms with Crippen molar-refractivity contribution in [2.24, 2.45) is 0 Å². The van der Waals surface area contributed by atoms with Gasteiger partial charge in [-0.15, -0.1) is 0 Å². The van der Waals surface area contributed by atoms with E-state index in [9.17, 15) is 9.59 Å². The topological polar surface area (TPSA) is 110 Å². The van der Waals surface area contributed by atoms with Gasteiger partial charge in [-0.1, -0.05) is 23.4 Å². The quantitative estimate of drug-likeness (QED) is 0.709. The van der Waals surface area contributed by atoms with Crippen LogP contribution in [0.25, 0.3) is 10.9 Å². The molecule has 0 aliphatic carbocycles. The van der Waals surface area contributed by atoms with E-state index in [1.54, 1.807) is 31.2 Å². The Kier molecular flexibility index (Phi) is 3.57. The second-order valence-electron chi connectivity index (χ2n) is 4.57. The number of aromatic amines is 1. The van der Waals surface area contributed by atoms with Gasteiger partial charge >= 0.3 is 5.97 Å². The average Bonchev–Trinajstić information content (AvgIpc) is 3.11. The number of ether oxygens (including phenoxy) is 1. The van der Waals surface area contributed by atoms with Gasteiger partial charge < -0.3 is 9.26 Å². The van der Waals surface area contributed by atoms with Crippen molar-refractivity contribution in [3.63, 3.8) is 0 Å². The number of carbonyl (C=O) groups excluding carboxylic acids is 2. The number of esters is 1. The van der Waals surface area contributed by atoms with Crippen LogP contribution in [0.4, 0.5) is 5.88 Å². The second kappa shape index (κ2) is 5.68. The van der Waals surface area contributed by atoms with Crippen LogP contribution in [0.5, 0.6) is 0 Å². The standard InChI is InChI=1S/C14H12N4O4/c1-8-6-12(22-18-8)15-11(19)7-21-14(20)13-9-4-2-3-5-10(9)16-17-13/h2-6H,7H2,1H3,(H,15,19)(H,16,17). The van der Waals surface area contributed by atoms with Crippen LogP contribution >= 0.6 is 0 Å². The van der Waals surface area contributed by atoms with Crippen LogP contribution in [0.1, 0.15) is 16.2 Å². The largest absolute Gasteiger partial charge is 0.451 e. The summed E-state index contributed by atoms with van der Waals surface area (Å²) in [4.78, 5) is 23.6. The predicted molar refractivity (Wildman–Crippen MR) is 76.2 cm³/mol. The maximum Gasteiger partial charge on any atom is 0.359 e. The van der Waals surface area contributed by atoms with Crippen molar-refractivity contribution in [1.29, 1.82) is 0 Å². The summed E-state index contributed by atoms with van der Waals surface area (Å²) in [6.07, 6.45) is 0. The van der Waals surface area contributed by atoms with Crippen molar-refractivity contribution in [3.8, 4) is 0 Å². The minimum Gasteiger partial charge on any atom is -0.451 e. The minimum absolute atomic E-state index is 0.138. The first kappa shape index (κ1) is 13.8. The molecule has 0 aliphatic rings. The molecule has 1 amide bonds. The SMILES string of the molecule is Cc1cc(NC(=O)COC(=O)c2n[nH]c3ccccc23)on1. The van der Waals surface area contributed by atoms with Crippen LogP contribution in [0, 0.1) is 6.92 Å². The summed E-state index contributed by atoms with van der Waals surface area (Å²) in [6.45, 7) is 1.28. The number of para-hydroxylation sites is 1. The molecule has 0 fully saturated rings. The summed E-state index contributed by atoms with van der Waals surface area (Å²) in [5.74, 6) is -1.01. The lowest BCUT2D eigenvalue weighted by molar-refractivity contribution is -0.119. The van der Waals surface area contributed by atoms with E-state index in [0.29, 0.717) is 11.1 Å². The molecule has 0 unspecified atom stereocenters. The Balaban J connectivity index is 1.61. The summed E-state index contributed by atoms with van der Waals surface area (Å²) in [5, 5.41) is 13.3. The number of fused-ring (bicyclic) bond motifs is 1. The molecule has 0 bridgehead atoms. The number of nitrogens with zero attached hydrogens (tertiary/aromatic N) is 2. The number of rotatable bonds is 4. The molecule has 3 rings (SSSR count). The van der Waals surface area contributed by atoms with Crippen molar-refractivity contribution >= 4 is 28.7 Å². The van der Waals surface area contributed by atoms with Crippen molar-refractivity contribution in [2.75, 3.05) is 11.9 Å². The van der Waals surface area contributed by atoms with E-state index < -0.39 is 18.5 Å². The van der Waals surface area contributed by atoms with Crippen LogP contribution in [0.15, 0.2) is 34.9 Å². The van der Waals surface area contributed by atoms with Crippen LogP contribution < -0.4 is 5.32 Å². The third-order valence-corrected chi connectivity index (χ3v) is 2.89. The molecular weight excluding hydrogens is 288 g/mol. The summed E-state index contributed by atoms with van der Waals surface area (Å²) >= 11 is 0. The Morgan fingerprint density at radius 3 is 2.95 bits per heavy atom. The zero-order chi connectivity index (χ0) is 15.5. The molecule has 2 heterocycles. The van der Waals surface area contributed by atoms with E-state index in [0.717, 1.165) is 5.52 Å². The van der Waals surface area contributed by atoms with E-state index in [2.05, 4.69) is 20.7 Å². The molecule has 2 aromatic heterocycles. The molecule has 112 valence electrons. The highest BCUT2D eigenvalue weighted by atomic mass is 16.5. The molecule has 8 nitrogen and oxygen atoms in total.